The first-order chi connectivity index (χ1) is 8.90. The Hall–Kier alpha value is -1.30. The molecule has 2 aromatic rings. The lowest BCUT2D eigenvalue weighted by Crippen LogP contribution is -2.31. The summed E-state index contributed by atoms with van der Waals surface area (Å²) >= 11 is 13.2. The Morgan fingerprint density at radius 2 is 2.05 bits per heavy atom. The third-order valence-electron chi connectivity index (χ3n) is 2.50. The minimum Gasteiger partial charge on any atom is -0.480 e. The van der Waals surface area contributed by atoms with Gasteiger partial charge in [0.15, 0.2) is 0 Å². The van der Waals surface area contributed by atoms with Crippen LogP contribution in [0, 0.1) is 0 Å². The van der Waals surface area contributed by atoms with Gasteiger partial charge < -0.3 is 10.0 Å². The van der Waals surface area contributed by atoms with Crippen molar-refractivity contribution in [2.24, 2.45) is 0 Å². The van der Waals surface area contributed by atoms with Crippen LogP contribution >= 0.6 is 34.5 Å². The number of benzene rings is 1. The van der Waals surface area contributed by atoms with Gasteiger partial charge in [0.05, 0.1) is 5.02 Å². The quantitative estimate of drug-likeness (QED) is 0.944. The first-order valence-corrected chi connectivity index (χ1v) is 6.82. The van der Waals surface area contributed by atoms with Crippen molar-refractivity contribution >= 4 is 56.5 Å². The normalized spacial score (nSPS) is 10.7. The summed E-state index contributed by atoms with van der Waals surface area (Å²) in [6.07, 6.45) is 0. The third-order valence-corrected chi connectivity index (χ3v) is 4.39. The second-order valence-corrected chi connectivity index (χ2v) is 5.81. The van der Waals surface area contributed by atoms with Gasteiger partial charge in [-0.25, -0.2) is 0 Å². The number of thiophene rings is 1. The summed E-state index contributed by atoms with van der Waals surface area (Å²) in [6.45, 7) is -0.371. The molecule has 0 spiro atoms. The van der Waals surface area contributed by atoms with Gasteiger partial charge in [0, 0.05) is 22.2 Å². The number of carbonyl (C=O) groups excluding carboxylic acids is 1. The highest BCUT2D eigenvalue weighted by Gasteiger charge is 2.21. The summed E-state index contributed by atoms with van der Waals surface area (Å²) in [5.41, 5.74) is 0. The topological polar surface area (TPSA) is 57.6 Å². The molecule has 0 saturated carbocycles. The van der Waals surface area contributed by atoms with Crippen molar-refractivity contribution in [2.75, 3.05) is 13.6 Å². The van der Waals surface area contributed by atoms with E-state index in [-0.39, 0.29) is 6.54 Å². The van der Waals surface area contributed by atoms with Gasteiger partial charge in [-0.1, -0.05) is 29.3 Å². The summed E-state index contributed by atoms with van der Waals surface area (Å²) in [6, 6.07) is 5.16. The van der Waals surface area contributed by atoms with E-state index in [2.05, 4.69) is 0 Å². The van der Waals surface area contributed by atoms with Crippen LogP contribution in [-0.2, 0) is 4.79 Å². The van der Waals surface area contributed by atoms with Gasteiger partial charge in [-0.05, 0) is 12.1 Å². The van der Waals surface area contributed by atoms with Crippen molar-refractivity contribution in [3.8, 4) is 0 Å². The lowest BCUT2D eigenvalue weighted by Gasteiger charge is -2.13. The molecule has 19 heavy (non-hydrogen) atoms. The Morgan fingerprint density at radius 1 is 1.37 bits per heavy atom. The molecule has 2 rings (SSSR count). The summed E-state index contributed by atoms with van der Waals surface area (Å²) in [5.74, 6) is -1.49. The van der Waals surface area contributed by atoms with E-state index in [1.807, 2.05) is 0 Å². The fraction of sp³-hybridized carbons (Fsp3) is 0.167. The molecule has 0 atom stereocenters. The van der Waals surface area contributed by atoms with Crippen LogP contribution in [0.15, 0.2) is 18.2 Å². The number of hydrogen-bond acceptors (Lipinski definition) is 3. The number of halogens is 2. The zero-order chi connectivity index (χ0) is 14.2. The highest BCUT2D eigenvalue weighted by Crippen LogP contribution is 2.37. The molecule has 0 aliphatic heterocycles. The zero-order valence-corrected chi connectivity index (χ0v) is 12.1. The van der Waals surface area contributed by atoms with Crippen molar-refractivity contribution in [2.45, 2.75) is 0 Å². The number of amides is 1. The molecule has 0 aliphatic rings. The molecule has 0 aliphatic carbocycles. The molecule has 0 fully saturated rings. The van der Waals surface area contributed by atoms with Gasteiger partial charge in [-0.3, -0.25) is 9.59 Å². The van der Waals surface area contributed by atoms with Crippen LogP contribution in [0.3, 0.4) is 0 Å². The molecule has 1 aromatic heterocycles. The van der Waals surface area contributed by atoms with Gasteiger partial charge in [-0.15, -0.1) is 11.3 Å². The number of fused-ring (bicyclic) bond motifs is 1. The van der Waals surface area contributed by atoms with E-state index in [1.54, 1.807) is 18.2 Å². The second-order valence-electron chi connectivity index (χ2n) is 3.94. The number of carboxylic acids is 1. The Labute approximate surface area is 123 Å². The van der Waals surface area contributed by atoms with Crippen LogP contribution in [0.25, 0.3) is 10.1 Å². The number of carboxylic acid groups (broad SMARTS) is 1. The molecular weight excluding hydrogens is 309 g/mol. The van der Waals surface area contributed by atoms with E-state index < -0.39 is 11.9 Å². The molecule has 0 saturated heterocycles. The number of hydrogen-bond donors (Lipinski definition) is 1. The van der Waals surface area contributed by atoms with Crippen molar-refractivity contribution in [1.82, 2.24) is 4.90 Å². The standard InChI is InChI=1S/C12H9Cl2NO3S/c1-15(5-9(16)17)12(18)11-10(14)7-3-2-6(13)4-8(7)19-11/h2-4H,5H2,1H3,(H,16,17). The molecule has 1 N–H and O–H groups in total. The van der Waals surface area contributed by atoms with Crippen LogP contribution in [0.4, 0.5) is 0 Å². The number of likely N-dealkylation sites (N-methyl/N-ethyl adjacent to an activating group) is 1. The van der Waals surface area contributed by atoms with Crippen LogP contribution in [0.1, 0.15) is 9.67 Å². The predicted molar refractivity (Wildman–Crippen MR) is 76.4 cm³/mol. The van der Waals surface area contributed by atoms with Crippen molar-refractivity contribution in [3.05, 3.63) is 33.1 Å². The van der Waals surface area contributed by atoms with E-state index in [9.17, 15) is 9.59 Å². The van der Waals surface area contributed by atoms with E-state index >= 15 is 0 Å². The van der Waals surface area contributed by atoms with Crippen molar-refractivity contribution in [1.29, 1.82) is 0 Å². The van der Waals surface area contributed by atoms with E-state index in [0.29, 0.717) is 14.9 Å². The highest BCUT2D eigenvalue weighted by atomic mass is 35.5. The summed E-state index contributed by atoms with van der Waals surface area (Å²) in [5, 5.41) is 10.3. The van der Waals surface area contributed by atoms with Crippen molar-refractivity contribution < 1.29 is 14.7 Å². The zero-order valence-electron chi connectivity index (χ0n) is 9.81. The second kappa shape index (κ2) is 5.36. The van der Waals surface area contributed by atoms with Gasteiger partial charge in [0.25, 0.3) is 5.91 Å². The van der Waals surface area contributed by atoms with Crippen LogP contribution < -0.4 is 0 Å². The molecule has 1 aromatic carbocycles. The van der Waals surface area contributed by atoms with Gasteiger partial charge in [0.2, 0.25) is 0 Å². The monoisotopic (exact) mass is 317 g/mol. The lowest BCUT2D eigenvalue weighted by molar-refractivity contribution is -0.137. The molecule has 7 heteroatoms. The molecule has 1 amide bonds. The number of nitrogens with zero attached hydrogens (tertiary/aromatic N) is 1. The largest absolute Gasteiger partial charge is 0.480 e. The maximum absolute atomic E-state index is 12.1. The number of rotatable bonds is 3. The average molecular weight is 318 g/mol. The van der Waals surface area contributed by atoms with Crippen LogP contribution in [-0.4, -0.2) is 35.5 Å². The van der Waals surface area contributed by atoms with E-state index in [0.717, 1.165) is 15.0 Å². The Morgan fingerprint density at radius 3 is 2.68 bits per heavy atom. The average Bonchev–Trinajstić information content (AvgIpc) is 2.64. The smallest absolute Gasteiger partial charge is 0.323 e. The molecular formula is C12H9Cl2NO3S. The lowest BCUT2D eigenvalue weighted by atomic mass is 10.2. The SMILES string of the molecule is CN(CC(=O)O)C(=O)c1sc2cc(Cl)ccc2c1Cl. The molecule has 0 radical (unpaired) electrons. The molecule has 1 heterocycles. The van der Waals surface area contributed by atoms with Gasteiger partial charge in [0.1, 0.15) is 11.4 Å². The highest BCUT2D eigenvalue weighted by molar-refractivity contribution is 7.21. The maximum atomic E-state index is 12.1. The maximum Gasteiger partial charge on any atom is 0.323 e. The molecule has 0 unspecified atom stereocenters. The fourth-order valence-corrected chi connectivity index (χ4v) is 3.41. The Kier molecular flexibility index (Phi) is 3.99. The van der Waals surface area contributed by atoms with Gasteiger partial charge in [-0.2, -0.15) is 0 Å². The minimum atomic E-state index is -1.07. The van der Waals surface area contributed by atoms with E-state index in [1.165, 1.54) is 18.4 Å². The Bertz CT molecular complexity index is 668. The van der Waals surface area contributed by atoms with Crippen LogP contribution in [0.5, 0.6) is 0 Å². The number of aliphatic carboxylic acids is 1. The van der Waals surface area contributed by atoms with Crippen molar-refractivity contribution in [3.63, 3.8) is 0 Å². The fourth-order valence-electron chi connectivity index (χ4n) is 1.62. The van der Waals surface area contributed by atoms with Crippen LogP contribution in [0.2, 0.25) is 10.0 Å². The Balaban J connectivity index is 2.42. The first-order valence-electron chi connectivity index (χ1n) is 5.25. The molecule has 0 bridgehead atoms. The molecule has 4 nitrogen and oxygen atoms in total. The van der Waals surface area contributed by atoms with Gasteiger partial charge >= 0.3 is 5.97 Å². The number of carbonyl (C=O) groups is 2. The van der Waals surface area contributed by atoms with E-state index in [4.69, 9.17) is 28.3 Å². The summed E-state index contributed by atoms with van der Waals surface area (Å²) < 4.78 is 0.796. The summed E-state index contributed by atoms with van der Waals surface area (Å²) in [4.78, 5) is 24.2. The predicted octanol–water partition coefficient (Wildman–Crippen LogP) is 3.36. The first kappa shape index (κ1) is 14.1. The minimum absolute atomic E-state index is 0.322. The third kappa shape index (κ3) is 2.83. The molecule has 100 valence electrons. The summed E-state index contributed by atoms with van der Waals surface area (Å²) in [7, 11) is 1.42.